The standard InChI is InChI=1S/C21H24N6O5S/c1-10-6-15-13(18(29)25-11(2)24-15)7-12(10)9-27(3)17-8-23-20(33-17)19(30)26-14(21(31)32)4-5-16(22)28/h6-8,14H,4-5,9H2,1-3H3,(H2,22,28)(H,26,30)(H,31,32)(H,24,25,29)/t14-/m0/s1. The first-order valence-corrected chi connectivity index (χ1v) is 10.9. The number of nitrogens with zero attached hydrogens (tertiary/aromatic N) is 3. The van der Waals surface area contributed by atoms with Gasteiger partial charge < -0.3 is 26.0 Å². The van der Waals surface area contributed by atoms with Gasteiger partial charge >= 0.3 is 5.97 Å². The molecule has 174 valence electrons. The topological polar surface area (TPSA) is 171 Å². The number of primary amides is 1. The maximum atomic E-state index is 12.5. The number of carboxylic acid groups (broad SMARTS) is 1. The summed E-state index contributed by atoms with van der Waals surface area (Å²) in [7, 11) is 1.82. The van der Waals surface area contributed by atoms with E-state index in [4.69, 9.17) is 5.73 Å². The number of thiazole rings is 1. The van der Waals surface area contributed by atoms with Gasteiger partial charge in [0.2, 0.25) is 5.91 Å². The monoisotopic (exact) mass is 472 g/mol. The van der Waals surface area contributed by atoms with Gasteiger partial charge in [0.15, 0.2) is 5.01 Å². The second kappa shape index (κ2) is 9.77. The van der Waals surface area contributed by atoms with Gasteiger partial charge in [-0.15, -0.1) is 0 Å². The number of nitrogens with one attached hydrogen (secondary N) is 2. The highest BCUT2D eigenvalue weighted by atomic mass is 32.1. The highest BCUT2D eigenvalue weighted by Crippen LogP contribution is 2.26. The van der Waals surface area contributed by atoms with Crippen molar-refractivity contribution in [1.82, 2.24) is 20.3 Å². The fourth-order valence-electron chi connectivity index (χ4n) is 3.27. The fraction of sp³-hybridized carbons (Fsp3) is 0.333. The van der Waals surface area contributed by atoms with E-state index < -0.39 is 23.8 Å². The molecule has 11 nitrogen and oxygen atoms in total. The zero-order chi connectivity index (χ0) is 24.3. The van der Waals surface area contributed by atoms with E-state index in [1.54, 1.807) is 13.0 Å². The molecule has 0 saturated heterocycles. The Morgan fingerprint density at radius 2 is 2.03 bits per heavy atom. The van der Waals surface area contributed by atoms with Crippen molar-refractivity contribution < 1.29 is 19.5 Å². The lowest BCUT2D eigenvalue weighted by Gasteiger charge is -2.18. The molecule has 0 radical (unpaired) electrons. The third-order valence-corrected chi connectivity index (χ3v) is 6.15. The summed E-state index contributed by atoms with van der Waals surface area (Å²) >= 11 is 1.10. The van der Waals surface area contributed by atoms with E-state index in [-0.39, 0.29) is 23.4 Å². The van der Waals surface area contributed by atoms with Crippen molar-refractivity contribution in [3.8, 4) is 0 Å². The zero-order valence-corrected chi connectivity index (χ0v) is 19.2. The first-order valence-electron chi connectivity index (χ1n) is 10.0. The number of rotatable bonds is 9. The second-order valence-electron chi connectivity index (χ2n) is 7.68. The average molecular weight is 473 g/mol. The predicted molar refractivity (Wildman–Crippen MR) is 123 cm³/mol. The van der Waals surface area contributed by atoms with E-state index in [0.717, 1.165) is 22.5 Å². The van der Waals surface area contributed by atoms with Crippen molar-refractivity contribution >= 4 is 45.0 Å². The summed E-state index contributed by atoms with van der Waals surface area (Å²) in [5, 5.41) is 12.9. The summed E-state index contributed by atoms with van der Waals surface area (Å²) in [5.74, 6) is -2.01. The Kier molecular flexibility index (Phi) is 7.07. The summed E-state index contributed by atoms with van der Waals surface area (Å²) in [4.78, 5) is 60.0. The quantitative estimate of drug-likeness (QED) is 0.358. The molecule has 0 saturated carbocycles. The molecule has 1 aromatic carbocycles. The van der Waals surface area contributed by atoms with Gasteiger partial charge in [-0.05, 0) is 43.5 Å². The first kappa shape index (κ1) is 23.9. The highest BCUT2D eigenvalue weighted by molar-refractivity contribution is 7.17. The SMILES string of the molecule is Cc1nc2cc(C)c(CN(C)c3cnc(C(=O)N[C@@H](CCC(N)=O)C(=O)O)s3)cc2c(=O)[nH]1. The predicted octanol–water partition coefficient (Wildman–Crippen LogP) is 1.08. The third-order valence-electron chi connectivity index (χ3n) is 5.04. The lowest BCUT2D eigenvalue weighted by Crippen LogP contribution is -2.41. The van der Waals surface area contributed by atoms with E-state index in [2.05, 4.69) is 20.3 Å². The molecule has 0 unspecified atom stereocenters. The maximum Gasteiger partial charge on any atom is 0.326 e. The minimum absolute atomic E-state index is 0.0912. The van der Waals surface area contributed by atoms with Crippen LogP contribution < -0.4 is 21.5 Å². The zero-order valence-electron chi connectivity index (χ0n) is 18.3. The number of fused-ring (bicyclic) bond motifs is 1. The molecule has 3 rings (SSSR count). The van der Waals surface area contributed by atoms with E-state index in [9.17, 15) is 24.3 Å². The Morgan fingerprint density at radius 1 is 1.30 bits per heavy atom. The number of H-pyrrole nitrogens is 1. The summed E-state index contributed by atoms with van der Waals surface area (Å²) in [6, 6.07) is 2.42. The molecule has 2 amide bonds. The first-order chi connectivity index (χ1) is 15.5. The number of aromatic nitrogens is 3. The molecule has 3 aromatic rings. The van der Waals surface area contributed by atoms with Gasteiger partial charge in [0, 0.05) is 20.0 Å². The van der Waals surface area contributed by atoms with Crippen LogP contribution in [0, 0.1) is 13.8 Å². The van der Waals surface area contributed by atoms with Gasteiger partial charge in [-0.25, -0.2) is 14.8 Å². The van der Waals surface area contributed by atoms with Crippen LogP contribution in [0.3, 0.4) is 0 Å². The van der Waals surface area contributed by atoms with E-state index in [1.807, 2.05) is 24.9 Å². The Morgan fingerprint density at radius 3 is 2.70 bits per heavy atom. The van der Waals surface area contributed by atoms with Gasteiger partial charge in [0.1, 0.15) is 16.9 Å². The molecular formula is C21H24N6O5S. The Labute approximate surface area is 192 Å². The third kappa shape index (κ3) is 5.71. The van der Waals surface area contributed by atoms with Crippen molar-refractivity contribution in [2.24, 2.45) is 5.73 Å². The maximum absolute atomic E-state index is 12.5. The van der Waals surface area contributed by atoms with Crippen LogP contribution in [-0.4, -0.2) is 50.9 Å². The lowest BCUT2D eigenvalue weighted by atomic mass is 10.1. The van der Waals surface area contributed by atoms with Crippen LogP contribution in [0.15, 0.2) is 23.1 Å². The summed E-state index contributed by atoms with van der Waals surface area (Å²) in [6.07, 6.45) is 1.25. The van der Waals surface area contributed by atoms with E-state index in [0.29, 0.717) is 28.3 Å². The molecule has 0 fully saturated rings. The highest BCUT2D eigenvalue weighted by Gasteiger charge is 2.23. The van der Waals surface area contributed by atoms with E-state index in [1.165, 1.54) is 6.20 Å². The molecule has 5 N–H and O–H groups in total. The molecule has 1 atom stereocenters. The number of hydrogen-bond acceptors (Lipinski definition) is 8. The fourth-order valence-corrected chi connectivity index (χ4v) is 4.05. The van der Waals surface area contributed by atoms with Crippen LogP contribution in [0.5, 0.6) is 0 Å². The summed E-state index contributed by atoms with van der Waals surface area (Å²) in [6.45, 7) is 4.12. The van der Waals surface area contributed by atoms with Crippen molar-refractivity contribution in [3.63, 3.8) is 0 Å². The molecule has 2 heterocycles. The molecule has 0 aliphatic carbocycles. The summed E-state index contributed by atoms with van der Waals surface area (Å²) < 4.78 is 0. The minimum Gasteiger partial charge on any atom is -0.480 e. The lowest BCUT2D eigenvalue weighted by molar-refractivity contribution is -0.139. The van der Waals surface area contributed by atoms with Crippen LogP contribution in [0.2, 0.25) is 0 Å². The van der Waals surface area contributed by atoms with Crippen LogP contribution in [0.1, 0.15) is 39.6 Å². The number of hydrogen-bond donors (Lipinski definition) is 4. The van der Waals surface area contributed by atoms with Crippen molar-refractivity contribution in [2.75, 3.05) is 11.9 Å². The molecule has 2 aromatic heterocycles. The average Bonchev–Trinajstić information content (AvgIpc) is 3.22. The van der Waals surface area contributed by atoms with Crippen molar-refractivity contribution in [2.45, 2.75) is 39.3 Å². The van der Waals surface area contributed by atoms with Crippen LogP contribution >= 0.6 is 11.3 Å². The van der Waals surface area contributed by atoms with Crippen LogP contribution in [0.25, 0.3) is 10.9 Å². The number of aromatic amines is 1. The van der Waals surface area contributed by atoms with Gasteiger partial charge in [-0.2, -0.15) is 0 Å². The molecule has 0 bridgehead atoms. The van der Waals surface area contributed by atoms with Crippen LogP contribution in [0.4, 0.5) is 5.00 Å². The number of carbonyl (C=O) groups is 3. The largest absolute Gasteiger partial charge is 0.480 e. The van der Waals surface area contributed by atoms with Gasteiger partial charge in [-0.1, -0.05) is 11.3 Å². The number of aliphatic carboxylic acids is 1. The van der Waals surface area contributed by atoms with Crippen molar-refractivity contribution in [1.29, 1.82) is 0 Å². The number of carboxylic acids is 1. The number of aryl methyl sites for hydroxylation is 2. The smallest absolute Gasteiger partial charge is 0.326 e. The number of benzene rings is 1. The number of nitrogens with two attached hydrogens (primary N) is 1. The van der Waals surface area contributed by atoms with Gasteiger partial charge in [0.25, 0.3) is 11.5 Å². The van der Waals surface area contributed by atoms with E-state index >= 15 is 0 Å². The summed E-state index contributed by atoms with van der Waals surface area (Å²) in [5.41, 5.74) is 7.36. The van der Waals surface area contributed by atoms with Crippen LogP contribution in [-0.2, 0) is 16.1 Å². The Hall–Kier alpha value is -3.80. The molecule has 0 aliphatic rings. The molecule has 12 heteroatoms. The Bertz CT molecular complexity index is 1280. The number of carbonyl (C=O) groups excluding carboxylic acids is 2. The second-order valence-corrected chi connectivity index (χ2v) is 8.69. The number of anilines is 1. The molecule has 0 spiro atoms. The Balaban J connectivity index is 1.74. The number of amides is 2. The van der Waals surface area contributed by atoms with Crippen molar-refractivity contribution in [3.05, 3.63) is 50.6 Å². The molecule has 33 heavy (non-hydrogen) atoms. The minimum atomic E-state index is -1.26. The van der Waals surface area contributed by atoms with Gasteiger partial charge in [0.05, 0.1) is 17.1 Å². The van der Waals surface area contributed by atoms with Gasteiger partial charge in [-0.3, -0.25) is 14.4 Å². The normalized spacial score (nSPS) is 11.8. The molecule has 0 aliphatic heterocycles. The molecular weight excluding hydrogens is 448 g/mol.